The number of fused-ring (bicyclic) bond motifs is 1. The van der Waals surface area contributed by atoms with E-state index in [9.17, 15) is 24.5 Å². The van der Waals surface area contributed by atoms with Gasteiger partial charge >= 0.3 is 0 Å². The summed E-state index contributed by atoms with van der Waals surface area (Å²) in [6.07, 6.45) is -0.00313. The van der Waals surface area contributed by atoms with Gasteiger partial charge in [0.05, 0.1) is 17.2 Å². The molecule has 0 aliphatic carbocycles. The van der Waals surface area contributed by atoms with E-state index in [1.54, 1.807) is 42.5 Å². The van der Waals surface area contributed by atoms with E-state index in [4.69, 9.17) is 11.6 Å². The molecule has 2 atom stereocenters. The minimum Gasteiger partial charge on any atom is -0.368 e. The Morgan fingerprint density at radius 3 is 2.15 bits per heavy atom. The number of nitrogens with one attached hydrogen (secondary N) is 2. The molecule has 0 radical (unpaired) electrons. The largest absolute Gasteiger partial charge is 0.368 e. The van der Waals surface area contributed by atoms with Crippen molar-refractivity contribution in [3.05, 3.63) is 118 Å². The minimum absolute atomic E-state index is 0.00313. The number of nitrogens with two attached hydrogens (primary N) is 2. The summed E-state index contributed by atoms with van der Waals surface area (Å²) in [5, 5.41) is 19.3. The fourth-order valence-electron chi connectivity index (χ4n) is 4.26. The Labute approximate surface area is 229 Å². The zero-order chi connectivity index (χ0) is 28.6. The molecule has 4 aromatic carbocycles. The predicted octanol–water partition coefficient (Wildman–Crippen LogP) is 2.44. The molecule has 0 saturated carbocycles. The Hall–Kier alpha value is -5.29. The van der Waals surface area contributed by atoms with Crippen molar-refractivity contribution in [2.75, 3.05) is 11.6 Å². The van der Waals surface area contributed by atoms with Crippen molar-refractivity contribution >= 4 is 39.9 Å². The maximum absolute atomic E-state index is 13.5. The molecule has 0 bridgehead atoms. The third-order valence-electron chi connectivity index (χ3n) is 6.37. The summed E-state index contributed by atoms with van der Waals surface area (Å²) >= 11 is 0. The second kappa shape index (κ2) is 12.5. The number of nitro benzene ring substituents is 1. The van der Waals surface area contributed by atoms with Gasteiger partial charge in [-0.05, 0) is 34.5 Å². The lowest BCUT2D eigenvalue weighted by atomic mass is 10.0. The molecular weight excluding hydrogens is 512 g/mol. The number of anilines is 1. The van der Waals surface area contributed by atoms with E-state index in [1.807, 2.05) is 30.3 Å². The van der Waals surface area contributed by atoms with Gasteiger partial charge in [-0.1, -0.05) is 66.7 Å². The normalized spacial score (nSPS) is 12.2. The van der Waals surface area contributed by atoms with E-state index in [0.29, 0.717) is 22.2 Å². The number of non-ortho nitro benzene ring substituents is 1. The minimum atomic E-state index is -1.17. The molecule has 0 aromatic heterocycles. The van der Waals surface area contributed by atoms with Crippen molar-refractivity contribution in [3.63, 3.8) is 0 Å². The van der Waals surface area contributed by atoms with Crippen molar-refractivity contribution in [3.8, 4) is 0 Å². The lowest BCUT2D eigenvalue weighted by Crippen LogP contribution is -2.57. The molecule has 40 heavy (non-hydrogen) atoms. The van der Waals surface area contributed by atoms with E-state index < -0.39 is 34.7 Å². The molecule has 4 rings (SSSR count). The zero-order valence-corrected chi connectivity index (χ0v) is 21.4. The van der Waals surface area contributed by atoms with Crippen LogP contribution in [-0.4, -0.2) is 41.3 Å². The molecular formula is C29H28N6O5. The molecule has 0 fully saturated rings. The van der Waals surface area contributed by atoms with E-state index >= 15 is 0 Å². The maximum atomic E-state index is 13.5. The molecule has 0 spiro atoms. The highest BCUT2D eigenvalue weighted by Crippen LogP contribution is 2.19. The van der Waals surface area contributed by atoms with Crippen LogP contribution >= 0.6 is 0 Å². The number of amides is 3. The number of carbonyl (C=O) groups is 3. The summed E-state index contributed by atoms with van der Waals surface area (Å²) in [5.41, 5.74) is 7.00. The van der Waals surface area contributed by atoms with Crippen molar-refractivity contribution in [2.24, 2.45) is 11.6 Å². The summed E-state index contributed by atoms with van der Waals surface area (Å²) in [7, 11) is 0. The number of benzene rings is 4. The number of hydrogen-bond donors (Lipinski definition) is 4. The lowest BCUT2D eigenvalue weighted by molar-refractivity contribution is -0.384. The third kappa shape index (κ3) is 6.77. The van der Waals surface area contributed by atoms with Gasteiger partial charge in [-0.15, -0.1) is 0 Å². The second-order valence-corrected chi connectivity index (χ2v) is 9.13. The highest BCUT2D eigenvalue weighted by Gasteiger charge is 2.28. The first-order chi connectivity index (χ1) is 19.2. The van der Waals surface area contributed by atoms with Crippen LogP contribution in [0.1, 0.15) is 15.9 Å². The van der Waals surface area contributed by atoms with Crippen LogP contribution in [0.15, 0.2) is 97.1 Å². The fourth-order valence-corrected chi connectivity index (χ4v) is 4.26. The predicted molar refractivity (Wildman–Crippen MR) is 151 cm³/mol. The van der Waals surface area contributed by atoms with Crippen molar-refractivity contribution < 1.29 is 19.3 Å². The van der Waals surface area contributed by atoms with Crippen LogP contribution in [0.2, 0.25) is 0 Å². The Kier molecular flexibility index (Phi) is 8.67. The van der Waals surface area contributed by atoms with E-state index in [-0.39, 0.29) is 18.7 Å². The smallest absolute Gasteiger partial charge is 0.269 e. The monoisotopic (exact) mass is 540 g/mol. The number of carbonyl (C=O) groups excluding carboxylic acids is 3. The molecule has 6 N–H and O–H groups in total. The summed E-state index contributed by atoms with van der Waals surface area (Å²) in [6.45, 7) is -0.118. The second-order valence-electron chi connectivity index (χ2n) is 9.13. The SMILES string of the molecule is NC(=O)[C@H](CN(N)c1ccccc1)NC(=O)C(Cc1ccc([N+](=O)[O-])cc1)NC(=O)c1cccc2ccccc12. The number of hydrogen-bond acceptors (Lipinski definition) is 7. The maximum Gasteiger partial charge on any atom is 0.269 e. The first-order valence-electron chi connectivity index (χ1n) is 12.4. The number of primary amides is 1. The summed E-state index contributed by atoms with van der Waals surface area (Å²) < 4.78 is 0. The number of nitrogens with zero attached hydrogens (tertiary/aromatic N) is 2. The zero-order valence-electron chi connectivity index (χ0n) is 21.4. The van der Waals surface area contributed by atoms with E-state index in [0.717, 1.165) is 5.39 Å². The van der Waals surface area contributed by atoms with Crippen LogP contribution in [-0.2, 0) is 16.0 Å². The molecule has 1 unspecified atom stereocenters. The molecule has 3 amide bonds. The van der Waals surface area contributed by atoms with Gasteiger partial charge < -0.3 is 21.4 Å². The van der Waals surface area contributed by atoms with Crippen LogP contribution in [0, 0.1) is 10.1 Å². The third-order valence-corrected chi connectivity index (χ3v) is 6.37. The van der Waals surface area contributed by atoms with Gasteiger partial charge in [0.1, 0.15) is 12.1 Å². The standard InChI is InChI=1S/C29H28N6O5/c30-27(36)26(18-34(31)21-9-2-1-3-10-21)33-29(38)25(17-19-13-15-22(16-14-19)35(39)40)32-28(37)24-12-6-8-20-7-4-5-11-23(20)24/h1-16,25-26H,17-18,31H2,(H2,30,36)(H,32,37)(H,33,38)/t25?,26-/m0/s1. The number of nitro groups is 1. The molecule has 4 aromatic rings. The summed E-state index contributed by atoms with van der Waals surface area (Å²) in [5.74, 6) is 4.13. The van der Waals surface area contributed by atoms with Crippen LogP contribution < -0.4 is 27.2 Å². The van der Waals surface area contributed by atoms with Gasteiger partial charge in [0.15, 0.2) is 0 Å². The molecule has 0 aliphatic heterocycles. The lowest BCUT2D eigenvalue weighted by Gasteiger charge is -2.26. The van der Waals surface area contributed by atoms with Crippen LogP contribution in [0.4, 0.5) is 11.4 Å². The molecule has 11 nitrogen and oxygen atoms in total. The first-order valence-corrected chi connectivity index (χ1v) is 12.4. The Balaban J connectivity index is 1.58. The molecule has 0 aliphatic rings. The summed E-state index contributed by atoms with van der Waals surface area (Å²) in [4.78, 5) is 49.6. The average molecular weight is 541 g/mol. The molecule has 204 valence electrons. The van der Waals surface area contributed by atoms with Gasteiger partial charge in [0, 0.05) is 24.1 Å². The topological polar surface area (TPSA) is 174 Å². The quantitative estimate of drug-likeness (QED) is 0.128. The number of para-hydroxylation sites is 1. The number of hydrazine groups is 1. The van der Waals surface area contributed by atoms with Crippen molar-refractivity contribution in [2.45, 2.75) is 18.5 Å². The summed E-state index contributed by atoms with van der Waals surface area (Å²) in [6, 6.07) is 24.8. The first kappa shape index (κ1) is 27.7. The Morgan fingerprint density at radius 2 is 1.48 bits per heavy atom. The highest BCUT2D eigenvalue weighted by molar-refractivity contribution is 6.08. The van der Waals surface area contributed by atoms with Gasteiger partial charge in [-0.2, -0.15) is 0 Å². The van der Waals surface area contributed by atoms with Gasteiger partial charge in [-0.25, -0.2) is 5.84 Å². The highest BCUT2D eigenvalue weighted by atomic mass is 16.6. The van der Waals surface area contributed by atoms with E-state index in [1.165, 1.54) is 29.3 Å². The Morgan fingerprint density at radius 1 is 0.825 bits per heavy atom. The van der Waals surface area contributed by atoms with E-state index in [2.05, 4.69) is 10.6 Å². The Bertz CT molecular complexity index is 1520. The van der Waals surface area contributed by atoms with Crippen molar-refractivity contribution in [1.29, 1.82) is 0 Å². The van der Waals surface area contributed by atoms with Gasteiger partial charge in [0.25, 0.3) is 11.6 Å². The fraction of sp³-hybridized carbons (Fsp3) is 0.138. The van der Waals surface area contributed by atoms with Gasteiger partial charge in [0.2, 0.25) is 11.8 Å². The average Bonchev–Trinajstić information content (AvgIpc) is 2.96. The number of rotatable bonds is 11. The van der Waals surface area contributed by atoms with Crippen LogP contribution in [0.3, 0.4) is 0 Å². The van der Waals surface area contributed by atoms with Crippen molar-refractivity contribution in [1.82, 2.24) is 10.6 Å². The van der Waals surface area contributed by atoms with Crippen LogP contribution in [0.5, 0.6) is 0 Å². The molecule has 0 saturated heterocycles. The molecule has 11 heteroatoms. The molecule has 0 heterocycles. The van der Waals surface area contributed by atoms with Gasteiger partial charge in [-0.3, -0.25) is 24.5 Å². The van der Waals surface area contributed by atoms with Crippen LogP contribution in [0.25, 0.3) is 10.8 Å².